The molecule has 172 valence electrons. The van der Waals surface area contributed by atoms with Gasteiger partial charge in [-0.2, -0.15) is 0 Å². The third kappa shape index (κ3) is 4.40. The van der Waals surface area contributed by atoms with E-state index < -0.39 is 0 Å². The lowest BCUT2D eigenvalue weighted by atomic mass is 10.0. The minimum absolute atomic E-state index is 0.109. The lowest BCUT2D eigenvalue weighted by Gasteiger charge is -2.26. The summed E-state index contributed by atoms with van der Waals surface area (Å²) in [4.78, 5) is 20.4. The number of hydrogen-bond acceptors (Lipinski definition) is 5. The van der Waals surface area contributed by atoms with Crippen molar-refractivity contribution in [3.8, 4) is 22.8 Å². The van der Waals surface area contributed by atoms with E-state index in [4.69, 9.17) is 19.2 Å². The molecule has 2 aromatic carbocycles. The Bertz CT molecular complexity index is 1180. The normalized spacial score (nSPS) is 17.8. The molecule has 1 aliphatic heterocycles. The number of carbonyl (C=O) groups is 1. The number of aryl methyl sites for hydroxylation is 1. The Kier molecular flexibility index (Phi) is 5.94. The average Bonchev–Trinajstić information content (AvgIpc) is 3.53. The van der Waals surface area contributed by atoms with Crippen molar-refractivity contribution in [1.29, 1.82) is 0 Å². The lowest BCUT2D eigenvalue weighted by molar-refractivity contribution is -0.142. The summed E-state index contributed by atoms with van der Waals surface area (Å²) in [6, 6.07) is 14.6. The third-order valence-corrected chi connectivity index (χ3v) is 6.53. The molecule has 0 unspecified atom stereocenters. The van der Waals surface area contributed by atoms with Crippen molar-refractivity contribution in [2.75, 3.05) is 20.8 Å². The van der Waals surface area contributed by atoms with Crippen molar-refractivity contribution in [3.63, 3.8) is 0 Å². The van der Waals surface area contributed by atoms with Gasteiger partial charge >= 0.3 is 0 Å². The molecule has 1 amide bonds. The van der Waals surface area contributed by atoms with Crippen molar-refractivity contribution in [3.05, 3.63) is 53.6 Å². The van der Waals surface area contributed by atoms with Gasteiger partial charge < -0.3 is 19.1 Å². The minimum atomic E-state index is -0.314. The first-order valence-electron chi connectivity index (χ1n) is 11.6. The Morgan fingerprint density at radius 1 is 1.06 bits per heavy atom. The van der Waals surface area contributed by atoms with Crippen molar-refractivity contribution < 1.29 is 19.0 Å². The summed E-state index contributed by atoms with van der Waals surface area (Å²) < 4.78 is 16.7. The SMILES string of the molecule is COc1ccc(-c2nc3cc(C)ccc3cc2CN(C(=O)[C@@H]2CCCO2)C2CC2)cc1OC. The molecule has 33 heavy (non-hydrogen) atoms. The summed E-state index contributed by atoms with van der Waals surface area (Å²) >= 11 is 0. The highest BCUT2D eigenvalue weighted by Crippen LogP contribution is 2.36. The van der Waals surface area contributed by atoms with E-state index in [0.29, 0.717) is 24.7 Å². The van der Waals surface area contributed by atoms with Gasteiger partial charge in [-0.15, -0.1) is 0 Å². The van der Waals surface area contributed by atoms with Crippen LogP contribution in [0, 0.1) is 6.92 Å². The lowest BCUT2D eigenvalue weighted by Crippen LogP contribution is -2.40. The number of benzene rings is 2. The standard InChI is InChI=1S/C27H30N2O4/c1-17-6-7-18-14-20(16-29(21-9-10-21)27(30)24-5-4-12-33-24)26(28-22(18)13-17)19-8-11-23(31-2)25(15-19)32-3/h6-8,11,13-15,21,24H,4-5,9-10,12,16H2,1-3H3/t24-/m0/s1. The van der Waals surface area contributed by atoms with E-state index in [1.54, 1.807) is 14.2 Å². The van der Waals surface area contributed by atoms with E-state index in [9.17, 15) is 4.79 Å². The molecule has 3 aromatic rings. The van der Waals surface area contributed by atoms with Crippen molar-refractivity contribution in [2.45, 2.75) is 51.3 Å². The number of amides is 1. The molecular weight excluding hydrogens is 416 g/mol. The maximum Gasteiger partial charge on any atom is 0.252 e. The van der Waals surface area contributed by atoms with Crippen LogP contribution >= 0.6 is 0 Å². The van der Waals surface area contributed by atoms with Gasteiger partial charge in [0.15, 0.2) is 11.5 Å². The highest BCUT2D eigenvalue weighted by atomic mass is 16.5. The molecule has 0 bridgehead atoms. The molecular formula is C27H30N2O4. The van der Waals surface area contributed by atoms with Gasteiger partial charge in [0.05, 0.1) is 25.4 Å². The monoisotopic (exact) mass is 446 g/mol. The predicted molar refractivity (Wildman–Crippen MR) is 128 cm³/mol. The van der Waals surface area contributed by atoms with Crippen LogP contribution < -0.4 is 9.47 Å². The number of methoxy groups -OCH3 is 2. The second-order valence-electron chi connectivity index (χ2n) is 8.96. The van der Waals surface area contributed by atoms with Gasteiger partial charge in [-0.1, -0.05) is 12.1 Å². The number of nitrogens with zero attached hydrogens (tertiary/aromatic N) is 2. The zero-order chi connectivity index (χ0) is 22.9. The van der Waals surface area contributed by atoms with E-state index in [-0.39, 0.29) is 18.1 Å². The van der Waals surface area contributed by atoms with Crippen molar-refractivity contribution in [1.82, 2.24) is 9.88 Å². The zero-order valence-corrected chi connectivity index (χ0v) is 19.5. The predicted octanol–water partition coefficient (Wildman–Crippen LogP) is 4.90. The van der Waals surface area contributed by atoms with E-state index in [1.165, 1.54) is 0 Å². The summed E-state index contributed by atoms with van der Waals surface area (Å²) in [5.41, 5.74) is 4.92. The Labute approximate surface area is 194 Å². The van der Waals surface area contributed by atoms with E-state index >= 15 is 0 Å². The molecule has 1 aromatic heterocycles. The minimum Gasteiger partial charge on any atom is -0.493 e. The highest BCUT2D eigenvalue weighted by molar-refractivity contribution is 5.85. The number of fused-ring (bicyclic) bond motifs is 1. The maximum atomic E-state index is 13.3. The van der Waals surface area contributed by atoms with E-state index in [2.05, 4.69) is 31.2 Å². The van der Waals surface area contributed by atoms with Gasteiger partial charge in [-0.25, -0.2) is 4.98 Å². The number of carbonyl (C=O) groups excluding carboxylic acids is 1. The van der Waals surface area contributed by atoms with Crippen molar-refractivity contribution >= 4 is 16.8 Å². The molecule has 6 nitrogen and oxygen atoms in total. The van der Waals surface area contributed by atoms with Crippen LogP contribution in [-0.2, 0) is 16.1 Å². The molecule has 0 radical (unpaired) electrons. The first kappa shape index (κ1) is 21.7. The molecule has 5 rings (SSSR count). The van der Waals surface area contributed by atoms with E-state index in [0.717, 1.165) is 59.0 Å². The summed E-state index contributed by atoms with van der Waals surface area (Å²) in [5, 5.41) is 1.07. The van der Waals surface area contributed by atoms with Crippen LogP contribution in [0.5, 0.6) is 11.5 Å². The van der Waals surface area contributed by atoms with Gasteiger partial charge in [-0.05, 0) is 74.1 Å². The fourth-order valence-corrected chi connectivity index (χ4v) is 4.59. The number of rotatable bonds is 7. The molecule has 1 saturated carbocycles. The number of hydrogen-bond donors (Lipinski definition) is 0. The molecule has 1 atom stereocenters. The van der Waals surface area contributed by atoms with Crippen LogP contribution in [0.3, 0.4) is 0 Å². The second-order valence-corrected chi connectivity index (χ2v) is 8.96. The second kappa shape index (κ2) is 9.02. The Hall–Kier alpha value is -3.12. The molecule has 1 saturated heterocycles. The summed E-state index contributed by atoms with van der Waals surface area (Å²) in [6.45, 7) is 3.26. The van der Waals surface area contributed by atoms with Gasteiger partial charge in [0, 0.05) is 30.1 Å². The molecule has 1 aliphatic carbocycles. The van der Waals surface area contributed by atoms with Crippen molar-refractivity contribution in [2.24, 2.45) is 0 Å². The van der Waals surface area contributed by atoms with Gasteiger partial charge in [-0.3, -0.25) is 4.79 Å². The maximum absolute atomic E-state index is 13.3. The van der Waals surface area contributed by atoms with Crippen LogP contribution in [0.15, 0.2) is 42.5 Å². The fourth-order valence-electron chi connectivity index (χ4n) is 4.59. The van der Waals surface area contributed by atoms with E-state index in [1.807, 2.05) is 23.1 Å². The van der Waals surface area contributed by atoms with Crippen LogP contribution in [0.1, 0.15) is 36.8 Å². The Morgan fingerprint density at radius 2 is 1.88 bits per heavy atom. The van der Waals surface area contributed by atoms with Crippen LogP contribution in [0.25, 0.3) is 22.2 Å². The molecule has 2 heterocycles. The smallest absolute Gasteiger partial charge is 0.252 e. The number of pyridine rings is 1. The molecule has 2 aliphatic rings. The largest absolute Gasteiger partial charge is 0.493 e. The summed E-state index contributed by atoms with van der Waals surface area (Å²) in [6.07, 6.45) is 3.53. The number of aromatic nitrogens is 1. The zero-order valence-electron chi connectivity index (χ0n) is 19.5. The molecule has 2 fully saturated rings. The first-order valence-corrected chi connectivity index (χ1v) is 11.6. The Morgan fingerprint density at radius 3 is 2.58 bits per heavy atom. The Balaban J connectivity index is 1.59. The van der Waals surface area contributed by atoms with Gasteiger partial charge in [0.25, 0.3) is 5.91 Å². The number of ether oxygens (including phenoxy) is 3. The topological polar surface area (TPSA) is 60.9 Å². The average molecular weight is 447 g/mol. The summed E-state index contributed by atoms with van der Waals surface area (Å²) in [7, 11) is 3.26. The van der Waals surface area contributed by atoms with Gasteiger partial charge in [0.1, 0.15) is 6.10 Å². The quantitative estimate of drug-likeness (QED) is 0.517. The third-order valence-electron chi connectivity index (χ3n) is 6.53. The van der Waals surface area contributed by atoms with Crippen LogP contribution in [0.4, 0.5) is 0 Å². The first-order chi connectivity index (χ1) is 16.1. The molecule has 0 N–H and O–H groups in total. The highest BCUT2D eigenvalue weighted by Gasteiger charge is 2.37. The summed E-state index contributed by atoms with van der Waals surface area (Å²) in [5.74, 6) is 1.44. The van der Waals surface area contributed by atoms with Crippen LogP contribution in [-0.4, -0.2) is 48.8 Å². The fraction of sp³-hybridized carbons (Fsp3) is 0.407. The molecule has 6 heteroatoms. The van der Waals surface area contributed by atoms with Gasteiger partial charge in [0.2, 0.25) is 0 Å². The molecule has 0 spiro atoms. The van der Waals surface area contributed by atoms with Crippen LogP contribution in [0.2, 0.25) is 0 Å².